The van der Waals surface area contributed by atoms with Gasteiger partial charge in [0.1, 0.15) is 0 Å². The fraction of sp³-hybridized carbons (Fsp3) is 0.176. The highest BCUT2D eigenvalue weighted by molar-refractivity contribution is 9.10. The number of nitrogens with zero attached hydrogens (tertiary/aromatic N) is 1. The Morgan fingerprint density at radius 1 is 1.00 bits per heavy atom. The summed E-state index contributed by atoms with van der Waals surface area (Å²) < 4.78 is 0.967. The van der Waals surface area contributed by atoms with Crippen molar-refractivity contribution in [2.45, 2.75) is 6.10 Å². The Balaban J connectivity index is 1.60. The first-order chi connectivity index (χ1) is 11.1. The van der Waals surface area contributed by atoms with Gasteiger partial charge in [-0.2, -0.15) is 0 Å². The summed E-state index contributed by atoms with van der Waals surface area (Å²) in [5.74, 6) is -0.707. The molecule has 2 aromatic rings. The van der Waals surface area contributed by atoms with E-state index in [4.69, 9.17) is 0 Å². The number of hydrogen-bond acceptors (Lipinski definition) is 4. The summed E-state index contributed by atoms with van der Waals surface area (Å²) in [5.41, 5.74) is 1.64. The Kier molecular flexibility index (Phi) is 4.45. The molecular formula is C17H15BrN2O3. The molecule has 1 aliphatic rings. The predicted octanol–water partition coefficient (Wildman–Crippen LogP) is 2.52. The van der Waals surface area contributed by atoms with Gasteiger partial charge in [-0.05, 0) is 36.4 Å². The third kappa shape index (κ3) is 3.28. The van der Waals surface area contributed by atoms with E-state index in [0.717, 1.165) is 15.1 Å². The molecule has 0 unspecified atom stereocenters. The molecule has 3 rings (SSSR count). The van der Waals surface area contributed by atoms with Crippen LogP contribution in [0.3, 0.4) is 0 Å². The highest BCUT2D eigenvalue weighted by atomic mass is 79.9. The molecule has 0 spiro atoms. The lowest BCUT2D eigenvalue weighted by molar-refractivity contribution is 0.0558. The van der Waals surface area contributed by atoms with Gasteiger partial charge in [0.15, 0.2) is 0 Å². The summed E-state index contributed by atoms with van der Waals surface area (Å²) in [4.78, 5) is 25.5. The predicted molar refractivity (Wildman–Crippen MR) is 90.4 cm³/mol. The molecule has 2 N–H and O–H groups in total. The van der Waals surface area contributed by atoms with Gasteiger partial charge in [-0.3, -0.25) is 14.5 Å². The molecule has 0 aliphatic carbocycles. The van der Waals surface area contributed by atoms with Crippen molar-refractivity contribution >= 4 is 33.4 Å². The van der Waals surface area contributed by atoms with Crippen LogP contribution in [-0.4, -0.2) is 41.0 Å². The van der Waals surface area contributed by atoms with E-state index in [-0.39, 0.29) is 24.9 Å². The minimum Gasteiger partial charge on any atom is -0.389 e. The first-order valence-electron chi connectivity index (χ1n) is 7.19. The van der Waals surface area contributed by atoms with Crippen LogP contribution in [0.1, 0.15) is 20.7 Å². The van der Waals surface area contributed by atoms with Crippen LogP contribution in [0.15, 0.2) is 53.0 Å². The Hall–Kier alpha value is -2.18. The van der Waals surface area contributed by atoms with Gasteiger partial charge in [0.05, 0.1) is 23.8 Å². The maximum Gasteiger partial charge on any atom is 0.261 e. The Bertz CT molecular complexity index is 711. The Morgan fingerprint density at radius 3 is 2.13 bits per heavy atom. The van der Waals surface area contributed by atoms with E-state index in [1.807, 2.05) is 24.3 Å². The van der Waals surface area contributed by atoms with Gasteiger partial charge in [-0.25, -0.2) is 0 Å². The van der Waals surface area contributed by atoms with E-state index >= 15 is 0 Å². The number of nitrogens with one attached hydrogen (secondary N) is 1. The van der Waals surface area contributed by atoms with Gasteiger partial charge < -0.3 is 10.4 Å². The Morgan fingerprint density at radius 2 is 1.57 bits per heavy atom. The zero-order valence-corrected chi connectivity index (χ0v) is 13.8. The van der Waals surface area contributed by atoms with E-state index in [1.54, 1.807) is 24.3 Å². The molecule has 0 bridgehead atoms. The van der Waals surface area contributed by atoms with Gasteiger partial charge in [-0.1, -0.05) is 28.1 Å². The zero-order valence-electron chi connectivity index (χ0n) is 12.2. The van der Waals surface area contributed by atoms with E-state index in [1.165, 1.54) is 0 Å². The molecule has 118 valence electrons. The number of aliphatic hydroxyl groups excluding tert-OH is 1. The normalized spacial score (nSPS) is 14.8. The van der Waals surface area contributed by atoms with Gasteiger partial charge in [0, 0.05) is 16.7 Å². The van der Waals surface area contributed by atoms with Crippen molar-refractivity contribution in [1.29, 1.82) is 0 Å². The standard InChI is InChI=1S/C17H15BrN2O3/c18-11-5-7-12(8-6-11)19-9-13(21)10-20-16(22)14-3-1-2-4-15(14)17(20)23/h1-8,13,19,21H,9-10H2/t13-/m1/s1. The van der Waals surface area contributed by atoms with Crippen molar-refractivity contribution in [2.24, 2.45) is 0 Å². The number of carbonyl (C=O) groups excluding carboxylic acids is 2. The largest absolute Gasteiger partial charge is 0.389 e. The third-order valence-corrected chi connectivity index (χ3v) is 4.19. The van der Waals surface area contributed by atoms with Gasteiger partial charge in [-0.15, -0.1) is 0 Å². The molecule has 2 amide bonds. The fourth-order valence-electron chi connectivity index (χ4n) is 2.48. The van der Waals surface area contributed by atoms with E-state index in [2.05, 4.69) is 21.2 Å². The van der Waals surface area contributed by atoms with Crippen LogP contribution in [0.4, 0.5) is 5.69 Å². The molecule has 5 nitrogen and oxygen atoms in total. The summed E-state index contributed by atoms with van der Waals surface area (Å²) >= 11 is 3.35. The molecule has 0 aromatic heterocycles. The number of hydrogen-bond donors (Lipinski definition) is 2. The number of fused-ring (bicyclic) bond motifs is 1. The van der Waals surface area contributed by atoms with Gasteiger partial charge in [0.25, 0.3) is 11.8 Å². The van der Waals surface area contributed by atoms with Gasteiger partial charge in [0.2, 0.25) is 0 Å². The molecule has 1 aliphatic heterocycles. The molecule has 1 atom stereocenters. The molecule has 2 aromatic carbocycles. The van der Waals surface area contributed by atoms with E-state index in [0.29, 0.717) is 11.1 Å². The zero-order chi connectivity index (χ0) is 16.4. The van der Waals surface area contributed by atoms with Crippen LogP contribution in [0.25, 0.3) is 0 Å². The Labute approximate surface area is 142 Å². The van der Waals surface area contributed by atoms with Crippen LogP contribution >= 0.6 is 15.9 Å². The highest BCUT2D eigenvalue weighted by Gasteiger charge is 2.35. The molecule has 0 saturated carbocycles. The van der Waals surface area contributed by atoms with Crippen LogP contribution in [0, 0.1) is 0 Å². The number of β-amino-alcohol motifs (C(OH)–C–C–N with tert-alkyl or cyclic N) is 1. The average molecular weight is 375 g/mol. The molecular weight excluding hydrogens is 360 g/mol. The molecule has 0 saturated heterocycles. The molecule has 0 fully saturated rings. The van der Waals surface area contributed by atoms with Crippen molar-refractivity contribution in [1.82, 2.24) is 4.90 Å². The summed E-state index contributed by atoms with van der Waals surface area (Å²) in [6.07, 6.45) is -0.846. The van der Waals surface area contributed by atoms with Crippen LogP contribution < -0.4 is 5.32 Å². The van der Waals surface area contributed by atoms with Gasteiger partial charge >= 0.3 is 0 Å². The van der Waals surface area contributed by atoms with Crippen molar-refractivity contribution < 1.29 is 14.7 Å². The lowest BCUT2D eigenvalue weighted by Gasteiger charge is -2.19. The van der Waals surface area contributed by atoms with Crippen LogP contribution in [0.5, 0.6) is 0 Å². The molecule has 6 heteroatoms. The second-order valence-electron chi connectivity index (χ2n) is 5.31. The SMILES string of the molecule is O=C1c2ccccc2C(=O)N1C[C@H](O)CNc1ccc(Br)cc1. The first-order valence-corrected chi connectivity index (χ1v) is 7.98. The number of rotatable bonds is 5. The number of halogens is 1. The minimum absolute atomic E-state index is 0.0319. The summed E-state index contributed by atoms with van der Waals surface area (Å²) in [5, 5.41) is 13.2. The number of aliphatic hydroxyl groups is 1. The number of amides is 2. The second-order valence-corrected chi connectivity index (χ2v) is 6.22. The monoisotopic (exact) mass is 374 g/mol. The minimum atomic E-state index is -0.846. The number of carbonyl (C=O) groups is 2. The molecule has 1 heterocycles. The van der Waals surface area contributed by atoms with Crippen molar-refractivity contribution in [3.8, 4) is 0 Å². The number of anilines is 1. The van der Waals surface area contributed by atoms with Crippen molar-refractivity contribution in [3.63, 3.8) is 0 Å². The lowest BCUT2D eigenvalue weighted by atomic mass is 10.1. The van der Waals surface area contributed by atoms with Crippen molar-refractivity contribution in [2.75, 3.05) is 18.4 Å². The first kappa shape index (κ1) is 15.7. The van der Waals surface area contributed by atoms with E-state index in [9.17, 15) is 14.7 Å². The van der Waals surface area contributed by atoms with Crippen molar-refractivity contribution in [3.05, 3.63) is 64.1 Å². The van der Waals surface area contributed by atoms with Crippen LogP contribution in [0.2, 0.25) is 0 Å². The highest BCUT2D eigenvalue weighted by Crippen LogP contribution is 2.22. The lowest BCUT2D eigenvalue weighted by Crippen LogP contribution is -2.39. The quantitative estimate of drug-likeness (QED) is 0.788. The maximum atomic E-state index is 12.2. The summed E-state index contributed by atoms with van der Waals surface area (Å²) in [6, 6.07) is 14.2. The smallest absolute Gasteiger partial charge is 0.261 e. The average Bonchev–Trinajstić information content (AvgIpc) is 2.80. The number of imide groups is 1. The second kappa shape index (κ2) is 6.52. The maximum absolute atomic E-state index is 12.2. The summed E-state index contributed by atoms with van der Waals surface area (Å²) in [7, 11) is 0. The topological polar surface area (TPSA) is 69.6 Å². The number of benzene rings is 2. The third-order valence-electron chi connectivity index (χ3n) is 3.66. The molecule has 0 radical (unpaired) electrons. The van der Waals surface area contributed by atoms with E-state index < -0.39 is 6.10 Å². The van der Waals surface area contributed by atoms with Crippen LogP contribution in [-0.2, 0) is 0 Å². The molecule has 23 heavy (non-hydrogen) atoms. The summed E-state index contributed by atoms with van der Waals surface area (Å²) in [6.45, 7) is 0.213. The fourth-order valence-corrected chi connectivity index (χ4v) is 2.75.